The van der Waals surface area contributed by atoms with Crippen molar-refractivity contribution in [1.82, 2.24) is 0 Å². The summed E-state index contributed by atoms with van der Waals surface area (Å²) in [7, 11) is 1.51. The van der Waals surface area contributed by atoms with E-state index >= 15 is 0 Å². The molecule has 0 aliphatic heterocycles. The second-order valence-electron chi connectivity index (χ2n) is 2.72. The van der Waals surface area contributed by atoms with Crippen molar-refractivity contribution in [2.75, 3.05) is 12.4 Å². The van der Waals surface area contributed by atoms with Crippen LogP contribution in [0, 0.1) is 22.9 Å². The van der Waals surface area contributed by atoms with E-state index in [9.17, 15) is 14.5 Å². The number of anilines is 1. The zero-order valence-corrected chi connectivity index (χ0v) is 9.18. The topological polar surface area (TPSA) is 55.2 Å². The van der Waals surface area contributed by atoms with Gasteiger partial charge in [-0.15, -0.1) is 0 Å². The first kappa shape index (κ1) is 10.9. The van der Waals surface area contributed by atoms with E-state index in [2.05, 4.69) is 21.2 Å². The number of nitrogens with zero attached hydrogens (tertiary/aromatic N) is 1. The highest BCUT2D eigenvalue weighted by molar-refractivity contribution is 9.10. The number of hydrogen-bond acceptors (Lipinski definition) is 3. The molecule has 4 nitrogen and oxygen atoms in total. The summed E-state index contributed by atoms with van der Waals surface area (Å²) in [5.41, 5.74) is 0.246. The summed E-state index contributed by atoms with van der Waals surface area (Å²) >= 11 is 2.95. The molecular weight excluding hydrogens is 255 g/mol. The molecule has 6 heteroatoms. The third-order valence-electron chi connectivity index (χ3n) is 1.81. The Morgan fingerprint density at radius 2 is 2.21 bits per heavy atom. The predicted molar refractivity (Wildman–Crippen MR) is 55.0 cm³/mol. The fourth-order valence-corrected chi connectivity index (χ4v) is 1.41. The molecule has 0 aliphatic rings. The van der Waals surface area contributed by atoms with Crippen LogP contribution in [0.25, 0.3) is 0 Å². The first-order valence-electron chi connectivity index (χ1n) is 3.79. The standard InChI is InChI=1S/C8H8BrFN2O2/c1-4-3-5(11-2)8(12(13)14)7(10)6(4)9/h3,11H,1-2H3. The second kappa shape index (κ2) is 3.91. The minimum atomic E-state index is -0.848. The molecule has 1 aromatic rings. The van der Waals surface area contributed by atoms with Crippen molar-refractivity contribution in [2.45, 2.75) is 6.92 Å². The largest absolute Gasteiger partial charge is 0.382 e. The Hall–Kier alpha value is -1.17. The molecule has 0 amide bonds. The quantitative estimate of drug-likeness (QED) is 0.659. The van der Waals surface area contributed by atoms with Gasteiger partial charge in [0.25, 0.3) is 0 Å². The number of rotatable bonds is 2. The number of nitrogens with one attached hydrogen (secondary N) is 1. The van der Waals surface area contributed by atoms with Gasteiger partial charge in [-0.05, 0) is 34.5 Å². The fraction of sp³-hybridized carbons (Fsp3) is 0.250. The Kier molecular flexibility index (Phi) is 3.05. The molecule has 0 aromatic heterocycles. The van der Waals surface area contributed by atoms with Crippen molar-refractivity contribution >= 4 is 27.3 Å². The summed E-state index contributed by atoms with van der Waals surface area (Å²) < 4.78 is 13.6. The molecule has 0 atom stereocenters. The van der Waals surface area contributed by atoms with Crippen LogP contribution >= 0.6 is 15.9 Å². The van der Waals surface area contributed by atoms with Gasteiger partial charge in [0.1, 0.15) is 5.69 Å². The highest BCUT2D eigenvalue weighted by Gasteiger charge is 2.23. The van der Waals surface area contributed by atoms with E-state index in [1.165, 1.54) is 13.1 Å². The van der Waals surface area contributed by atoms with Crippen molar-refractivity contribution in [3.63, 3.8) is 0 Å². The normalized spacial score (nSPS) is 10.0. The first-order valence-corrected chi connectivity index (χ1v) is 4.59. The molecule has 0 radical (unpaired) electrons. The van der Waals surface area contributed by atoms with E-state index in [1.807, 2.05) is 0 Å². The fourth-order valence-electron chi connectivity index (χ4n) is 1.11. The van der Waals surface area contributed by atoms with E-state index in [-0.39, 0.29) is 10.2 Å². The predicted octanol–water partition coefficient (Wildman–Crippen LogP) is 2.85. The number of benzene rings is 1. The zero-order valence-electron chi connectivity index (χ0n) is 7.60. The molecule has 0 fully saturated rings. The average Bonchev–Trinajstić information content (AvgIpc) is 2.12. The lowest BCUT2D eigenvalue weighted by Gasteiger charge is -2.06. The lowest BCUT2D eigenvalue weighted by molar-refractivity contribution is -0.386. The van der Waals surface area contributed by atoms with Crippen LogP contribution in [0.1, 0.15) is 5.56 Å². The van der Waals surface area contributed by atoms with E-state index in [4.69, 9.17) is 0 Å². The molecule has 0 unspecified atom stereocenters. The van der Waals surface area contributed by atoms with Gasteiger partial charge >= 0.3 is 5.69 Å². The lowest BCUT2D eigenvalue weighted by atomic mass is 10.2. The molecule has 1 N–H and O–H groups in total. The van der Waals surface area contributed by atoms with Crippen molar-refractivity contribution < 1.29 is 9.31 Å². The second-order valence-corrected chi connectivity index (χ2v) is 3.52. The molecular formula is C8H8BrFN2O2. The van der Waals surface area contributed by atoms with Crippen molar-refractivity contribution in [1.29, 1.82) is 0 Å². The zero-order chi connectivity index (χ0) is 10.9. The Morgan fingerprint density at radius 1 is 1.64 bits per heavy atom. The van der Waals surface area contributed by atoms with Crippen molar-refractivity contribution in [3.8, 4) is 0 Å². The van der Waals surface area contributed by atoms with E-state index < -0.39 is 16.4 Å². The average molecular weight is 263 g/mol. The highest BCUT2D eigenvalue weighted by Crippen LogP contribution is 2.34. The van der Waals surface area contributed by atoms with Gasteiger partial charge in [-0.3, -0.25) is 10.1 Å². The van der Waals surface area contributed by atoms with E-state index in [0.717, 1.165) is 0 Å². The molecule has 0 saturated heterocycles. The smallest absolute Gasteiger partial charge is 0.328 e. The number of aryl methyl sites for hydroxylation is 1. The summed E-state index contributed by atoms with van der Waals surface area (Å²) in [5, 5.41) is 13.2. The van der Waals surface area contributed by atoms with Crippen LogP contribution in [0.5, 0.6) is 0 Å². The Labute approximate surface area is 88.4 Å². The minimum Gasteiger partial charge on any atom is -0.382 e. The van der Waals surface area contributed by atoms with Gasteiger partial charge in [-0.25, -0.2) is 0 Å². The number of halogens is 2. The Morgan fingerprint density at radius 3 is 2.64 bits per heavy atom. The Balaban J connectivity index is 3.53. The van der Waals surface area contributed by atoms with Crippen LogP contribution in [-0.4, -0.2) is 12.0 Å². The molecule has 1 aromatic carbocycles. The van der Waals surface area contributed by atoms with Gasteiger partial charge in [0, 0.05) is 7.05 Å². The van der Waals surface area contributed by atoms with Gasteiger partial charge < -0.3 is 5.32 Å². The minimum absolute atomic E-state index is 0.128. The van der Waals surface area contributed by atoms with Gasteiger partial charge in [0.05, 0.1) is 9.40 Å². The van der Waals surface area contributed by atoms with Crippen LogP contribution in [0.3, 0.4) is 0 Å². The molecule has 0 heterocycles. The number of hydrogen-bond donors (Lipinski definition) is 1. The number of nitro groups is 1. The van der Waals surface area contributed by atoms with E-state index in [1.54, 1.807) is 6.92 Å². The van der Waals surface area contributed by atoms with Gasteiger partial charge in [0.2, 0.25) is 5.82 Å². The molecule has 14 heavy (non-hydrogen) atoms. The maximum atomic E-state index is 13.4. The van der Waals surface area contributed by atoms with Gasteiger partial charge in [0.15, 0.2) is 0 Å². The SMILES string of the molecule is CNc1cc(C)c(Br)c(F)c1[N+](=O)[O-]. The van der Waals surface area contributed by atoms with E-state index in [0.29, 0.717) is 5.56 Å². The van der Waals surface area contributed by atoms with Crippen molar-refractivity contribution in [3.05, 3.63) is 32.0 Å². The monoisotopic (exact) mass is 262 g/mol. The molecule has 76 valence electrons. The maximum absolute atomic E-state index is 13.4. The summed E-state index contributed by atoms with van der Waals surface area (Å²) in [6, 6.07) is 1.52. The molecule has 0 bridgehead atoms. The van der Waals surface area contributed by atoms with Crippen molar-refractivity contribution in [2.24, 2.45) is 0 Å². The van der Waals surface area contributed by atoms with Gasteiger partial charge in [-0.2, -0.15) is 4.39 Å². The summed E-state index contributed by atoms with van der Waals surface area (Å²) in [6.07, 6.45) is 0. The van der Waals surface area contributed by atoms with Crippen LogP contribution in [-0.2, 0) is 0 Å². The molecule has 0 saturated carbocycles. The maximum Gasteiger partial charge on any atom is 0.328 e. The lowest BCUT2D eigenvalue weighted by Crippen LogP contribution is -2.01. The van der Waals surface area contributed by atoms with Crippen LogP contribution in [0.4, 0.5) is 15.8 Å². The van der Waals surface area contributed by atoms with Crippen LogP contribution in [0.2, 0.25) is 0 Å². The summed E-state index contributed by atoms with van der Waals surface area (Å²) in [6.45, 7) is 1.66. The number of nitro benzene ring substituents is 1. The third-order valence-corrected chi connectivity index (χ3v) is 2.79. The highest BCUT2D eigenvalue weighted by atomic mass is 79.9. The summed E-state index contributed by atoms with van der Waals surface area (Å²) in [5.74, 6) is -0.848. The first-order chi connectivity index (χ1) is 6.49. The molecule has 0 aliphatic carbocycles. The van der Waals surface area contributed by atoms with Crippen LogP contribution < -0.4 is 5.32 Å². The molecule has 1 rings (SSSR count). The Bertz CT molecular complexity index is 395. The summed E-state index contributed by atoms with van der Waals surface area (Å²) in [4.78, 5) is 9.83. The molecule has 0 spiro atoms. The third kappa shape index (κ3) is 1.70. The van der Waals surface area contributed by atoms with Crippen LogP contribution in [0.15, 0.2) is 10.5 Å². The van der Waals surface area contributed by atoms with Gasteiger partial charge in [-0.1, -0.05) is 0 Å².